The van der Waals surface area contributed by atoms with Gasteiger partial charge >= 0.3 is 0 Å². The first-order chi connectivity index (χ1) is 20.0. The minimum atomic E-state index is -0.789. The second kappa shape index (κ2) is 13.2. The Bertz CT molecular complexity index is 1360. The Morgan fingerprint density at radius 2 is 1.71 bits per heavy atom. The van der Waals surface area contributed by atoms with E-state index < -0.39 is 23.9 Å². The van der Waals surface area contributed by atoms with Gasteiger partial charge in [-0.3, -0.25) is 24.1 Å². The maximum Gasteiger partial charge on any atom is 0.247 e. The van der Waals surface area contributed by atoms with Gasteiger partial charge in [-0.2, -0.15) is 5.21 Å². The Kier molecular flexibility index (Phi) is 8.97. The van der Waals surface area contributed by atoms with E-state index in [1.807, 2.05) is 42.5 Å². The number of hydrogen-bond acceptors (Lipinski definition) is 7. The van der Waals surface area contributed by atoms with Gasteiger partial charge in [-0.25, -0.2) is 0 Å². The molecule has 3 aromatic rings. The predicted molar refractivity (Wildman–Crippen MR) is 149 cm³/mol. The van der Waals surface area contributed by atoms with Gasteiger partial charge in [0.25, 0.3) is 0 Å². The number of benzene rings is 2. The molecule has 4 amide bonds. The number of carbonyl (C=O) groups is 4. The molecule has 1 aliphatic heterocycles. The van der Waals surface area contributed by atoms with Crippen LogP contribution in [0.4, 0.5) is 5.69 Å². The number of nitrogens with one attached hydrogen (secondary N) is 4. The maximum absolute atomic E-state index is 13.5. The number of anilines is 1. The zero-order chi connectivity index (χ0) is 28.6. The molecule has 4 N–H and O–H groups in total. The number of H-pyrrole nitrogens is 1. The molecule has 214 valence electrons. The van der Waals surface area contributed by atoms with E-state index in [0.717, 1.165) is 43.2 Å². The van der Waals surface area contributed by atoms with E-state index in [2.05, 4.69) is 36.6 Å². The Morgan fingerprint density at radius 1 is 0.951 bits per heavy atom. The molecule has 41 heavy (non-hydrogen) atoms. The molecular formula is C29H34N8O4. The smallest absolute Gasteiger partial charge is 0.247 e. The van der Waals surface area contributed by atoms with Gasteiger partial charge in [0, 0.05) is 12.1 Å². The number of rotatable bonds is 10. The van der Waals surface area contributed by atoms with Crippen LogP contribution >= 0.6 is 0 Å². The SMILES string of the molecule is O=C(Cc1ccccc1)N[C@H](C(=O)NCC(=O)N1c2ccccc2C[C@H]1C(=O)NCc1nn[nH]n1)C1CCCCC1. The molecule has 2 heterocycles. The van der Waals surface area contributed by atoms with Gasteiger partial charge in [0.15, 0.2) is 5.82 Å². The van der Waals surface area contributed by atoms with Crippen molar-refractivity contribution in [2.45, 2.75) is 63.6 Å². The van der Waals surface area contributed by atoms with Crippen LogP contribution in [0.25, 0.3) is 0 Å². The number of aromatic nitrogens is 4. The summed E-state index contributed by atoms with van der Waals surface area (Å²) in [5.41, 5.74) is 2.35. The number of hydrogen-bond donors (Lipinski definition) is 4. The highest BCUT2D eigenvalue weighted by Crippen LogP contribution is 2.32. The number of aromatic amines is 1. The monoisotopic (exact) mass is 558 g/mol. The van der Waals surface area contributed by atoms with E-state index in [1.54, 1.807) is 12.1 Å². The van der Waals surface area contributed by atoms with Gasteiger partial charge in [-0.1, -0.05) is 73.0 Å². The first kappa shape index (κ1) is 27.9. The average Bonchev–Trinajstić information content (AvgIpc) is 3.66. The molecule has 2 aromatic carbocycles. The third kappa shape index (κ3) is 6.94. The van der Waals surface area contributed by atoms with Crippen LogP contribution in [-0.4, -0.2) is 62.9 Å². The molecule has 0 radical (unpaired) electrons. The lowest BCUT2D eigenvalue weighted by Crippen LogP contribution is -2.55. The van der Waals surface area contributed by atoms with Crippen LogP contribution in [0.5, 0.6) is 0 Å². The van der Waals surface area contributed by atoms with Gasteiger partial charge in [0.2, 0.25) is 23.6 Å². The molecule has 0 unspecified atom stereocenters. The van der Waals surface area contributed by atoms with Crippen LogP contribution in [-0.2, 0) is 38.6 Å². The summed E-state index contributed by atoms with van der Waals surface area (Å²) in [7, 11) is 0. The Balaban J connectivity index is 1.25. The summed E-state index contributed by atoms with van der Waals surface area (Å²) in [4.78, 5) is 54.4. The van der Waals surface area contributed by atoms with E-state index in [0.29, 0.717) is 17.9 Å². The van der Waals surface area contributed by atoms with Crippen LogP contribution in [0.15, 0.2) is 54.6 Å². The molecule has 1 aromatic heterocycles. The number of para-hydroxylation sites is 1. The van der Waals surface area contributed by atoms with E-state index >= 15 is 0 Å². The Labute approximate surface area is 237 Å². The standard InChI is InChI=1S/C29H34N8O4/c38-25(15-19-9-3-1-4-10-19)32-27(20-11-5-2-6-12-20)29(41)31-18-26(39)37-22-14-8-7-13-21(22)16-23(37)28(40)30-17-24-33-35-36-34-24/h1,3-4,7-10,13-14,20,23,27H,2,5-6,11-12,15-18H2,(H,30,40)(H,31,41)(H,32,38)(H,33,34,35,36)/t23-,27-/m0/s1. The van der Waals surface area contributed by atoms with Crippen molar-refractivity contribution >= 4 is 29.3 Å². The lowest BCUT2D eigenvalue weighted by Gasteiger charge is -2.30. The minimum absolute atomic E-state index is 0.00486. The van der Waals surface area contributed by atoms with Crippen LogP contribution < -0.4 is 20.9 Å². The summed E-state index contributed by atoms with van der Waals surface area (Å²) in [6.07, 6.45) is 5.27. The summed E-state index contributed by atoms with van der Waals surface area (Å²) < 4.78 is 0. The summed E-state index contributed by atoms with van der Waals surface area (Å²) in [6, 6.07) is 15.2. The van der Waals surface area contributed by atoms with Crippen molar-refractivity contribution in [3.63, 3.8) is 0 Å². The summed E-state index contributed by atoms with van der Waals surface area (Å²) in [5.74, 6) is -1.09. The fourth-order valence-corrected chi connectivity index (χ4v) is 5.67. The summed E-state index contributed by atoms with van der Waals surface area (Å²) in [6.45, 7) is -0.244. The molecule has 0 spiro atoms. The average molecular weight is 559 g/mol. The fourth-order valence-electron chi connectivity index (χ4n) is 5.67. The van der Waals surface area contributed by atoms with Crippen molar-refractivity contribution < 1.29 is 19.2 Å². The third-order valence-electron chi connectivity index (χ3n) is 7.70. The highest BCUT2D eigenvalue weighted by atomic mass is 16.2. The number of nitrogens with zero attached hydrogens (tertiary/aromatic N) is 4. The van der Waals surface area contributed by atoms with Gasteiger partial charge < -0.3 is 16.0 Å². The van der Waals surface area contributed by atoms with Gasteiger partial charge in [0.05, 0.1) is 19.5 Å². The van der Waals surface area contributed by atoms with Gasteiger partial charge in [-0.15, -0.1) is 10.2 Å². The quantitative estimate of drug-likeness (QED) is 0.291. The van der Waals surface area contributed by atoms with Gasteiger partial charge in [0.1, 0.15) is 12.1 Å². The van der Waals surface area contributed by atoms with E-state index in [4.69, 9.17) is 0 Å². The van der Waals surface area contributed by atoms with Gasteiger partial charge in [-0.05, 0) is 36.0 Å². The van der Waals surface area contributed by atoms with Crippen LogP contribution in [0.1, 0.15) is 49.1 Å². The molecule has 5 rings (SSSR count). The topological polar surface area (TPSA) is 162 Å². The van der Waals surface area contributed by atoms with Crippen LogP contribution in [0.2, 0.25) is 0 Å². The highest BCUT2D eigenvalue weighted by Gasteiger charge is 2.39. The van der Waals surface area contributed by atoms with E-state index in [-0.39, 0.29) is 37.2 Å². The highest BCUT2D eigenvalue weighted by molar-refractivity contribution is 6.05. The first-order valence-electron chi connectivity index (χ1n) is 14.0. The predicted octanol–water partition coefficient (Wildman–Crippen LogP) is 1.20. The molecule has 0 bridgehead atoms. The van der Waals surface area contributed by atoms with Crippen molar-refractivity contribution in [3.8, 4) is 0 Å². The number of fused-ring (bicyclic) bond motifs is 1. The Morgan fingerprint density at radius 3 is 2.46 bits per heavy atom. The Hall–Kier alpha value is -4.61. The molecule has 2 atom stereocenters. The normalized spacial score (nSPS) is 17.4. The van der Waals surface area contributed by atoms with Crippen molar-refractivity contribution in [2.24, 2.45) is 5.92 Å². The molecule has 1 saturated carbocycles. The molecule has 12 nitrogen and oxygen atoms in total. The van der Waals surface area contributed by atoms with E-state index in [1.165, 1.54) is 4.90 Å². The zero-order valence-corrected chi connectivity index (χ0v) is 22.7. The summed E-state index contributed by atoms with van der Waals surface area (Å²) in [5, 5.41) is 22.0. The van der Waals surface area contributed by atoms with Crippen molar-refractivity contribution in [2.75, 3.05) is 11.4 Å². The van der Waals surface area contributed by atoms with Crippen molar-refractivity contribution in [1.29, 1.82) is 0 Å². The molecule has 2 aliphatic rings. The van der Waals surface area contributed by atoms with Crippen molar-refractivity contribution in [1.82, 2.24) is 36.6 Å². The second-order valence-corrected chi connectivity index (χ2v) is 10.5. The van der Waals surface area contributed by atoms with Crippen LogP contribution in [0.3, 0.4) is 0 Å². The lowest BCUT2D eigenvalue weighted by molar-refractivity contribution is -0.131. The molecular weight excluding hydrogens is 524 g/mol. The number of amides is 4. The molecule has 1 fully saturated rings. The largest absolute Gasteiger partial charge is 0.347 e. The molecule has 12 heteroatoms. The number of carbonyl (C=O) groups excluding carboxylic acids is 4. The minimum Gasteiger partial charge on any atom is -0.347 e. The molecule has 0 saturated heterocycles. The second-order valence-electron chi connectivity index (χ2n) is 10.5. The first-order valence-corrected chi connectivity index (χ1v) is 14.0. The zero-order valence-electron chi connectivity index (χ0n) is 22.7. The fraction of sp³-hybridized carbons (Fsp3) is 0.414. The maximum atomic E-state index is 13.5. The molecule has 1 aliphatic carbocycles. The number of tetrazole rings is 1. The third-order valence-corrected chi connectivity index (χ3v) is 7.70. The van der Waals surface area contributed by atoms with Crippen LogP contribution in [0, 0.1) is 5.92 Å². The van der Waals surface area contributed by atoms with E-state index in [9.17, 15) is 19.2 Å². The summed E-state index contributed by atoms with van der Waals surface area (Å²) >= 11 is 0. The van der Waals surface area contributed by atoms with Crippen molar-refractivity contribution in [3.05, 3.63) is 71.5 Å². The lowest BCUT2D eigenvalue weighted by atomic mass is 9.83.